The summed E-state index contributed by atoms with van der Waals surface area (Å²) in [7, 11) is -2.25. The number of nitrogens with two attached hydrogens (primary N) is 1. The molecule has 1 aliphatic rings. The zero-order valence-corrected chi connectivity index (χ0v) is 18.0. The lowest BCUT2D eigenvalue weighted by atomic mass is 10.2. The molecule has 1 heterocycles. The van der Waals surface area contributed by atoms with Gasteiger partial charge >= 0.3 is 0 Å². The SMILES string of the molecule is COc1ccc(S(=O)(=O)N2CCCCC2)cc1NC(=O)COc1ccccc1C(N)=O. The summed E-state index contributed by atoms with van der Waals surface area (Å²) in [6.07, 6.45) is 2.65. The molecule has 9 nitrogen and oxygen atoms in total. The maximum Gasteiger partial charge on any atom is 0.262 e. The number of sulfonamides is 1. The van der Waals surface area contributed by atoms with Crippen molar-refractivity contribution in [3.63, 3.8) is 0 Å². The van der Waals surface area contributed by atoms with E-state index >= 15 is 0 Å². The highest BCUT2D eigenvalue weighted by Gasteiger charge is 2.27. The second kappa shape index (κ2) is 9.80. The number of piperidine rings is 1. The first-order valence-electron chi connectivity index (χ1n) is 9.82. The van der Waals surface area contributed by atoms with Gasteiger partial charge in [-0.1, -0.05) is 18.6 Å². The van der Waals surface area contributed by atoms with E-state index in [4.69, 9.17) is 15.2 Å². The first kappa shape index (κ1) is 22.6. The largest absolute Gasteiger partial charge is 0.495 e. The van der Waals surface area contributed by atoms with Crippen LogP contribution in [0.25, 0.3) is 0 Å². The molecule has 31 heavy (non-hydrogen) atoms. The molecule has 0 aliphatic carbocycles. The maximum atomic E-state index is 12.9. The van der Waals surface area contributed by atoms with Crippen molar-refractivity contribution in [2.24, 2.45) is 5.73 Å². The number of carbonyl (C=O) groups excluding carboxylic acids is 2. The summed E-state index contributed by atoms with van der Waals surface area (Å²) in [6.45, 7) is 0.545. The van der Waals surface area contributed by atoms with E-state index in [-0.39, 0.29) is 21.9 Å². The van der Waals surface area contributed by atoms with E-state index in [1.54, 1.807) is 12.1 Å². The molecule has 2 aromatic rings. The van der Waals surface area contributed by atoms with Crippen LogP contribution in [-0.2, 0) is 14.8 Å². The summed E-state index contributed by atoms with van der Waals surface area (Å²) in [5.41, 5.74) is 5.67. The average Bonchev–Trinajstić information content (AvgIpc) is 2.78. The number of hydrogen-bond acceptors (Lipinski definition) is 6. The fourth-order valence-electron chi connectivity index (χ4n) is 3.33. The molecule has 166 valence electrons. The summed E-state index contributed by atoms with van der Waals surface area (Å²) in [5, 5.41) is 2.61. The van der Waals surface area contributed by atoms with Gasteiger partial charge in [0.1, 0.15) is 11.5 Å². The van der Waals surface area contributed by atoms with Crippen LogP contribution < -0.4 is 20.5 Å². The van der Waals surface area contributed by atoms with Crippen LogP contribution in [0.2, 0.25) is 0 Å². The van der Waals surface area contributed by atoms with E-state index in [9.17, 15) is 18.0 Å². The number of rotatable bonds is 8. The third kappa shape index (κ3) is 5.33. The van der Waals surface area contributed by atoms with Gasteiger partial charge in [-0.2, -0.15) is 4.31 Å². The summed E-state index contributed by atoms with van der Waals surface area (Å²) in [6, 6.07) is 10.6. The van der Waals surface area contributed by atoms with Gasteiger partial charge in [0.2, 0.25) is 10.0 Å². The lowest BCUT2D eigenvalue weighted by molar-refractivity contribution is -0.118. The van der Waals surface area contributed by atoms with Crippen LogP contribution in [0.4, 0.5) is 5.69 Å². The number of primary amides is 1. The number of methoxy groups -OCH3 is 1. The van der Waals surface area contributed by atoms with Crippen LogP contribution in [-0.4, -0.2) is 51.3 Å². The summed E-state index contributed by atoms with van der Waals surface area (Å²) in [5.74, 6) is -0.736. The number of hydrogen-bond donors (Lipinski definition) is 2. The van der Waals surface area contributed by atoms with Gasteiger partial charge in [0.05, 0.1) is 23.3 Å². The molecule has 3 rings (SSSR count). The van der Waals surface area contributed by atoms with E-state index in [0.717, 1.165) is 19.3 Å². The van der Waals surface area contributed by atoms with Gasteiger partial charge in [0, 0.05) is 13.1 Å². The van der Waals surface area contributed by atoms with Crippen LogP contribution in [0, 0.1) is 0 Å². The van der Waals surface area contributed by atoms with Crippen molar-refractivity contribution >= 4 is 27.5 Å². The number of ether oxygens (including phenoxy) is 2. The second-order valence-corrected chi connectivity index (χ2v) is 8.96. The fourth-order valence-corrected chi connectivity index (χ4v) is 4.87. The van der Waals surface area contributed by atoms with Gasteiger partial charge in [0.15, 0.2) is 6.61 Å². The highest BCUT2D eigenvalue weighted by atomic mass is 32.2. The Kier molecular flexibility index (Phi) is 7.13. The molecule has 1 fully saturated rings. The number of nitrogens with one attached hydrogen (secondary N) is 1. The minimum absolute atomic E-state index is 0.0745. The highest BCUT2D eigenvalue weighted by molar-refractivity contribution is 7.89. The fraction of sp³-hybridized carbons (Fsp3) is 0.333. The molecule has 0 atom stereocenters. The molecule has 0 bridgehead atoms. The summed E-state index contributed by atoms with van der Waals surface area (Å²) >= 11 is 0. The minimum Gasteiger partial charge on any atom is -0.495 e. The molecule has 0 aromatic heterocycles. The Bertz CT molecular complexity index is 1060. The topological polar surface area (TPSA) is 128 Å². The smallest absolute Gasteiger partial charge is 0.262 e. The van der Waals surface area contributed by atoms with Gasteiger partial charge in [0.25, 0.3) is 11.8 Å². The first-order valence-corrected chi connectivity index (χ1v) is 11.3. The van der Waals surface area contributed by atoms with E-state index in [0.29, 0.717) is 18.8 Å². The monoisotopic (exact) mass is 447 g/mol. The van der Waals surface area contributed by atoms with Crippen molar-refractivity contribution in [3.8, 4) is 11.5 Å². The maximum absolute atomic E-state index is 12.9. The third-order valence-electron chi connectivity index (χ3n) is 4.91. The Balaban J connectivity index is 1.75. The molecule has 0 unspecified atom stereocenters. The van der Waals surface area contributed by atoms with E-state index < -0.39 is 28.4 Å². The molecular formula is C21H25N3O6S. The molecule has 1 aliphatic heterocycles. The molecule has 2 amide bonds. The lowest BCUT2D eigenvalue weighted by Gasteiger charge is -2.26. The molecule has 0 saturated carbocycles. The molecule has 2 aromatic carbocycles. The zero-order valence-electron chi connectivity index (χ0n) is 17.2. The van der Waals surface area contributed by atoms with E-state index in [1.807, 2.05) is 0 Å². The number of amides is 2. The van der Waals surface area contributed by atoms with Crippen molar-refractivity contribution < 1.29 is 27.5 Å². The normalized spacial score (nSPS) is 14.6. The Morgan fingerprint density at radius 2 is 1.77 bits per heavy atom. The summed E-state index contributed by atoms with van der Waals surface area (Å²) < 4.78 is 38.0. The van der Waals surface area contributed by atoms with Crippen molar-refractivity contribution in [1.82, 2.24) is 4.31 Å². The predicted octanol–water partition coefficient (Wildman–Crippen LogP) is 1.99. The third-order valence-corrected chi connectivity index (χ3v) is 6.80. The van der Waals surface area contributed by atoms with Crippen LogP contribution in [0.3, 0.4) is 0 Å². The van der Waals surface area contributed by atoms with Crippen molar-refractivity contribution in [3.05, 3.63) is 48.0 Å². The zero-order chi connectivity index (χ0) is 22.4. The molecule has 0 radical (unpaired) electrons. The second-order valence-electron chi connectivity index (χ2n) is 7.02. The van der Waals surface area contributed by atoms with E-state index in [2.05, 4.69) is 5.32 Å². The molecule has 1 saturated heterocycles. The lowest BCUT2D eigenvalue weighted by Crippen LogP contribution is -2.35. The summed E-state index contributed by atoms with van der Waals surface area (Å²) in [4.78, 5) is 24.0. The predicted molar refractivity (Wildman–Crippen MR) is 115 cm³/mol. The van der Waals surface area contributed by atoms with Crippen LogP contribution in [0.5, 0.6) is 11.5 Å². The van der Waals surface area contributed by atoms with E-state index in [1.165, 1.54) is 41.7 Å². The Morgan fingerprint density at radius 1 is 1.06 bits per heavy atom. The Hall–Kier alpha value is -3.11. The van der Waals surface area contributed by atoms with Gasteiger partial charge in [-0.05, 0) is 43.2 Å². The Labute approximate surface area is 181 Å². The Morgan fingerprint density at radius 3 is 2.45 bits per heavy atom. The molecular weight excluding hydrogens is 422 g/mol. The van der Waals surface area contributed by atoms with Crippen LogP contribution in [0.15, 0.2) is 47.4 Å². The van der Waals surface area contributed by atoms with Crippen LogP contribution >= 0.6 is 0 Å². The number of benzene rings is 2. The van der Waals surface area contributed by atoms with Gasteiger partial charge < -0.3 is 20.5 Å². The number of para-hydroxylation sites is 1. The minimum atomic E-state index is -3.67. The van der Waals surface area contributed by atoms with Gasteiger partial charge in [-0.3, -0.25) is 9.59 Å². The standard InChI is InChI=1S/C21H25N3O6S/c1-29-19-10-9-15(31(27,28)24-11-5-2-6-12-24)13-17(19)23-20(25)14-30-18-8-4-3-7-16(18)21(22)26/h3-4,7-10,13H,2,5-6,11-12,14H2,1H3,(H2,22,26)(H,23,25). The molecule has 3 N–H and O–H groups in total. The number of anilines is 1. The first-order chi connectivity index (χ1) is 14.8. The average molecular weight is 448 g/mol. The molecule has 10 heteroatoms. The van der Waals surface area contributed by atoms with Crippen LogP contribution in [0.1, 0.15) is 29.6 Å². The van der Waals surface area contributed by atoms with Crippen molar-refractivity contribution in [1.29, 1.82) is 0 Å². The highest BCUT2D eigenvalue weighted by Crippen LogP contribution is 2.30. The van der Waals surface area contributed by atoms with Gasteiger partial charge in [-0.25, -0.2) is 8.42 Å². The van der Waals surface area contributed by atoms with Gasteiger partial charge in [-0.15, -0.1) is 0 Å². The number of nitrogens with zero attached hydrogens (tertiary/aromatic N) is 1. The molecule has 0 spiro atoms. The quantitative estimate of drug-likeness (QED) is 0.637. The number of carbonyl (C=O) groups is 2. The van der Waals surface area contributed by atoms with Crippen molar-refractivity contribution in [2.75, 3.05) is 32.1 Å². The van der Waals surface area contributed by atoms with Crippen molar-refractivity contribution in [2.45, 2.75) is 24.2 Å².